The molecule has 1 aromatic rings. The first-order valence-corrected chi connectivity index (χ1v) is 7.09. The number of carbonyl (C=O) groups is 2. The maximum atomic E-state index is 11.9. The third kappa shape index (κ3) is 5.55. The van der Waals surface area contributed by atoms with Crippen LogP contribution in [0.1, 0.15) is 31.9 Å². The number of anilines is 1. The lowest BCUT2D eigenvalue weighted by molar-refractivity contribution is -0.136. The monoisotopic (exact) mass is 296 g/mol. The number of hydrogen-bond donors (Lipinski definition) is 2. The molecule has 1 rings (SSSR count). The van der Waals surface area contributed by atoms with Gasteiger partial charge in [-0.25, -0.2) is 0 Å². The van der Waals surface area contributed by atoms with Crippen molar-refractivity contribution >= 4 is 17.5 Å². The zero-order chi connectivity index (χ0) is 15.8. The zero-order valence-electron chi connectivity index (χ0n) is 13.1. The molecule has 0 spiro atoms. The van der Waals surface area contributed by atoms with Crippen molar-refractivity contribution < 1.29 is 14.3 Å². The van der Waals surface area contributed by atoms with Crippen molar-refractivity contribution in [1.82, 2.24) is 15.1 Å². The molecule has 0 aliphatic rings. The van der Waals surface area contributed by atoms with Crippen LogP contribution in [-0.4, -0.2) is 41.4 Å². The van der Waals surface area contributed by atoms with Gasteiger partial charge in [0.05, 0.1) is 24.0 Å². The van der Waals surface area contributed by atoms with Gasteiger partial charge < -0.3 is 15.4 Å². The van der Waals surface area contributed by atoms with E-state index < -0.39 is 11.8 Å². The standard InChI is InChI=1S/C14H24N4O3/c1-5-6-7-11(9-21-4)15-13(19)14(20)16-12-8-18(3)17-10(12)2/h8,11H,5-7,9H2,1-4H3,(H,15,19)(H,16,20). The highest BCUT2D eigenvalue weighted by atomic mass is 16.5. The highest BCUT2D eigenvalue weighted by molar-refractivity contribution is 6.39. The third-order valence-electron chi connectivity index (χ3n) is 3.08. The van der Waals surface area contributed by atoms with E-state index in [1.807, 2.05) is 0 Å². The molecule has 0 radical (unpaired) electrons. The van der Waals surface area contributed by atoms with Crippen molar-refractivity contribution in [1.29, 1.82) is 0 Å². The summed E-state index contributed by atoms with van der Waals surface area (Å²) in [5, 5.41) is 9.36. The number of ether oxygens (including phenoxy) is 1. The van der Waals surface area contributed by atoms with Crippen LogP contribution in [0.5, 0.6) is 0 Å². The van der Waals surface area contributed by atoms with Gasteiger partial charge in [-0.2, -0.15) is 5.10 Å². The van der Waals surface area contributed by atoms with Crippen LogP contribution >= 0.6 is 0 Å². The lowest BCUT2D eigenvalue weighted by atomic mass is 10.1. The van der Waals surface area contributed by atoms with Crippen LogP contribution in [0, 0.1) is 6.92 Å². The molecule has 118 valence electrons. The molecule has 2 N–H and O–H groups in total. The van der Waals surface area contributed by atoms with E-state index in [-0.39, 0.29) is 6.04 Å². The van der Waals surface area contributed by atoms with E-state index >= 15 is 0 Å². The fourth-order valence-corrected chi connectivity index (χ4v) is 2.00. The number of unbranched alkanes of at least 4 members (excludes halogenated alkanes) is 1. The van der Waals surface area contributed by atoms with Crippen molar-refractivity contribution in [3.8, 4) is 0 Å². The normalized spacial score (nSPS) is 12.0. The van der Waals surface area contributed by atoms with Gasteiger partial charge in [-0.05, 0) is 13.3 Å². The molecule has 0 aliphatic carbocycles. The minimum absolute atomic E-state index is 0.150. The molecule has 7 heteroatoms. The van der Waals surface area contributed by atoms with E-state index in [1.165, 1.54) is 0 Å². The number of amides is 2. The van der Waals surface area contributed by atoms with Crippen LogP contribution in [-0.2, 0) is 21.4 Å². The largest absolute Gasteiger partial charge is 0.383 e. The van der Waals surface area contributed by atoms with Crippen molar-refractivity contribution in [2.24, 2.45) is 7.05 Å². The van der Waals surface area contributed by atoms with Crippen molar-refractivity contribution in [3.63, 3.8) is 0 Å². The Morgan fingerprint density at radius 3 is 2.67 bits per heavy atom. The maximum absolute atomic E-state index is 11.9. The topological polar surface area (TPSA) is 85.2 Å². The van der Waals surface area contributed by atoms with Crippen LogP contribution in [0.25, 0.3) is 0 Å². The quantitative estimate of drug-likeness (QED) is 0.735. The molecule has 0 bridgehead atoms. The Kier molecular flexibility index (Phi) is 6.87. The summed E-state index contributed by atoms with van der Waals surface area (Å²) in [6, 6.07) is -0.150. The van der Waals surface area contributed by atoms with Crippen LogP contribution in [0.4, 0.5) is 5.69 Å². The lowest BCUT2D eigenvalue weighted by Gasteiger charge is -2.17. The SMILES string of the molecule is CCCCC(COC)NC(=O)C(=O)Nc1cn(C)nc1C. The minimum atomic E-state index is -0.691. The Morgan fingerprint density at radius 2 is 2.14 bits per heavy atom. The van der Waals surface area contributed by atoms with Crippen LogP contribution in [0.3, 0.4) is 0 Å². The average molecular weight is 296 g/mol. The third-order valence-corrected chi connectivity index (χ3v) is 3.08. The molecule has 1 atom stereocenters. The summed E-state index contributed by atoms with van der Waals surface area (Å²) in [4.78, 5) is 23.8. The summed E-state index contributed by atoms with van der Waals surface area (Å²) in [7, 11) is 3.33. The van der Waals surface area contributed by atoms with Gasteiger partial charge in [-0.15, -0.1) is 0 Å². The van der Waals surface area contributed by atoms with Gasteiger partial charge in [0.15, 0.2) is 0 Å². The molecular formula is C14H24N4O3. The first kappa shape index (κ1) is 17.2. The number of aromatic nitrogens is 2. The van der Waals surface area contributed by atoms with E-state index in [0.29, 0.717) is 18.0 Å². The van der Waals surface area contributed by atoms with Gasteiger partial charge in [0, 0.05) is 20.4 Å². The predicted octanol–water partition coefficient (Wildman–Crippen LogP) is 0.988. The van der Waals surface area contributed by atoms with Gasteiger partial charge in [0.25, 0.3) is 0 Å². The van der Waals surface area contributed by atoms with E-state index in [9.17, 15) is 9.59 Å². The van der Waals surface area contributed by atoms with Gasteiger partial charge in [-0.1, -0.05) is 19.8 Å². The van der Waals surface area contributed by atoms with E-state index in [1.54, 1.807) is 32.0 Å². The van der Waals surface area contributed by atoms with Crippen molar-refractivity contribution in [2.45, 2.75) is 39.2 Å². The van der Waals surface area contributed by atoms with Crippen molar-refractivity contribution in [2.75, 3.05) is 19.0 Å². The molecule has 0 fully saturated rings. The first-order valence-electron chi connectivity index (χ1n) is 7.09. The summed E-state index contributed by atoms with van der Waals surface area (Å²) < 4.78 is 6.64. The molecule has 7 nitrogen and oxygen atoms in total. The number of nitrogens with zero attached hydrogens (tertiary/aromatic N) is 2. The summed E-state index contributed by atoms with van der Waals surface area (Å²) >= 11 is 0. The lowest BCUT2D eigenvalue weighted by Crippen LogP contribution is -2.43. The molecule has 0 saturated carbocycles. The number of carbonyl (C=O) groups excluding carboxylic acids is 2. The number of nitrogens with one attached hydrogen (secondary N) is 2. The Labute approximate surface area is 125 Å². The Bertz CT molecular complexity index is 485. The number of rotatable bonds is 7. The highest BCUT2D eigenvalue weighted by Gasteiger charge is 2.19. The Hall–Kier alpha value is -1.89. The van der Waals surface area contributed by atoms with Gasteiger partial charge in [0.2, 0.25) is 0 Å². The molecule has 2 amide bonds. The van der Waals surface area contributed by atoms with Gasteiger partial charge in [-0.3, -0.25) is 14.3 Å². The number of aryl methyl sites for hydroxylation is 2. The Morgan fingerprint density at radius 1 is 1.43 bits per heavy atom. The van der Waals surface area contributed by atoms with Crippen molar-refractivity contribution in [3.05, 3.63) is 11.9 Å². The summed E-state index contributed by atoms with van der Waals surface area (Å²) in [6.45, 7) is 4.23. The smallest absolute Gasteiger partial charge is 0.313 e. The second-order valence-electron chi connectivity index (χ2n) is 5.02. The van der Waals surface area contributed by atoms with Gasteiger partial charge in [0.1, 0.15) is 0 Å². The molecule has 0 aromatic carbocycles. The second kappa shape index (κ2) is 8.41. The molecule has 1 heterocycles. The molecule has 21 heavy (non-hydrogen) atoms. The summed E-state index contributed by atoms with van der Waals surface area (Å²) in [5.74, 6) is -1.35. The van der Waals surface area contributed by atoms with Crippen LogP contribution in [0.15, 0.2) is 6.20 Å². The Balaban J connectivity index is 2.56. The predicted molar refractivity (Wildman–Crippen MR) is 79.9 cm³/mol. The molecule has 0 saturated heterocycles. The fourth-order valence-electron chi connectivity index (χ4n) is 2.00. The molecule has 1 unspecified atom stereocenters. The summed E-state index contributed by atoms with van der Waals surface area (Å²) in [6.07, 6.45) is 4.44. The molecule has 1 aromatic heterocycles. The van der Waals surface area contributed by atoms with E-state index in [2.05, 4.69) is 22.7 Å². The average Bonchev–Trinajstić information content (AvgIpc) is 2.74. The molecule has 0 aliphatic heterocycles. The van der Waals surface area contributed by atoms with E-state index in [0.717, 1.165) is 19.3 Å². The molecular weight excluding hydrogens is 272 g/mol. The van der Waals surface area contributed by atoms with Crippen LogP contribution < -0.4 is 10.6 Å². The van der Waals surface area contributed by atoms with Crippen LogP contribution in [0.2, 0.25) is 0 Å². The van der Waals surface area contributed by atoms with Gasteiger partial charge >= 0.3 is 11.8 Å². The first-order chi connectivity index (χ1) is 9.97. The number of hydrogen-bond acceptors (Lipinski definition) is 4. The second-order valence-corrected chi connectivity index (χ2v) is 5.02. The maximum Gasteiger partial charge on any atom is 0.313 e. The van der Waals surface area contributed by atoms with E-state index in [4.69, 9.17) is 4.74 Å². The number of methoxy groups -OCH3 is 1. The summed E-state index contributed by atoms with van der Waals surface area (Å²) in [5.41, 5.74) is 1.20. The zero-order valence-corrected chi connectivity index (χ0v) is 13.1. The minimum Gasteiger partial charge on any atom is -0.383 e. The highest BCUT2D eigenvalue weighted by Crippen LogP contribution is 2.11. The fraction of sp³-hybridized carbons (Fsp3) is 0.643.